The van der Waals surface area contributed by atoms with E-state index in [0.29, 0.717) is 0 Å². The molecule has 0 aromatic heterocycles. The van der Waals surface area contributed by atoms with Gasteiger partial charge in [0, 0.05) is 0 Å². The Morgan fingerprint density at radius 2 is 2.00 bits per heavy atom. The van der Waals surface area contributed by atoms with Crippen LogP contribution in [0.1, 0.15) is 18.1 Å². The summed E-state index contributed by atoms with van der Waals surface area (Å²) in [4.78, 5) is 0. The third kappa shape index (κ3) is 2.49. The van der Waals surface area contributed by atoms with Gasteiger partial charge in [0.05, 0.1) is 0 Å². The molecule has 0 spiro atoms. The molecular weight excluding hydrogens is 176 g/mol. The second-order valence-corrected chi connectivity index (χ2v) is 3.46. The lowest BCUT2D eigenvalue weighted by atomic mass is 10.1. The predicted octanol–water partition coefficient (Wildman–Crippen LogP) is 2.01. The monoisotopic (exact) mass is 192 g/mol. The molecule has 14 heavy (non-hydrogen) atoms. The number of aryl methyl sites for hydroxylation is 2. The molecule has 1 unspecified atom stereocenters. The van der Waals surface area contributed by atoms with Crippen LogP contribution in [-0.2, 0) is 0 Å². The van der Waals surface area contributed by atoms with E-state index in [-0.39, 0.29) is 11.9 Å². The van der Waals surface area contributed by atoms with Gasteiger partial charge < -0.3 is 10.5 Å². The van der Waals surface area contributed by atoms with Gasteiger partial charge in [0.25, 0.3) is 0 Å². The maximum atomic E-state index is 7.20. The largest absolute Gasteiger partial charge is 0.483 e. The molecule has 3 N–H and O–H groups in total. The zero-order valence-corrected chi connectivity index (χ0v) is 8.79. The van der Waals surface area contributed by atoms with Crippen molar-refractivity contribution >= 4 is 5.84 Å². The molecule has 76 valence electrons. The molecule has 0 bridgehead atoms. The van der Waals surface area contributed by atoms with E-state index in [4.69, 9.17) is 15.9 Å². The average molecular weight is 192 g/mol. The fourth-order valence-electron chi connectivity index (χ4n) is 1.05. The van der Waals surface area contributed by atoms with Gasteiger partial charge in [-0.05, 0) is 44.0 Å². The van der Waals surface area contributed by atoms with Gasteiger partial charge in [0.1, 0.15) is 11.6 Å². The molecule has 0 radical (unpaired) electrons. The van der Waals surface area contributed by atoms with E-state index in [9.17, 15) is 0 Å². The van der Waals surface area contributed by atoms with Crippen LogP contribution >= 0.6 is 0 Å². The molecule has 0 aliphatic heterocycles. The molecule has 1 atom stereocenters. The number of hydrogen-bond acceptors (Lipinski definition) is 2. The fourth-order valence-corrected chi connectivity index (χ4v) is 1.05. The van der Waals surface area contributed by atoms with Crippen molar-refractivity contribution in [2.24, 2.45) is 5.73 Å². The van der Waals surface area contributed by atoms with E-state index in [0.717, 1.165) is 5.75 Å². The van der Waals surface area contributed by atoms with Gasteiger partial charge in [0.15, 0.2) is 6.10 Å². The van der Waals surface area contributed by atoms with Crippen molar-refractivity contribution in [3.8, 4) is 5.75 Å². The van der Waals surface area contributed by atoms with Crippen LogP contribution < -0.4 is 10.5 Å². The molecule has 3 heteroatoms. The summed E-state index contributed by atoms with van der Waals surface area (Å²) in [5.74, 6) is 0.805. The number of hydrogen-bond donors (Lipinski definition) is 2. The van der Waals surface area contributed by atoms with Crippen LogP contribution in [0.4, 0.5) is 0 Å². The Balaban J connectivity index is 2.78. The summed E-state index contributed by atoms with van der Waals surface area (Å²) < 4.78 is 5.46. The quantitative estimate of drug-likeness (QED) is 0.568. The Morgan fingerprint density at radius 3 is 2.50 bits per heavy atom. The van der Waals surface area contributed by atoms with E-state index in [1.54, 1.807) is 6.92 Å². The lowest BCUT2D eigenvalue weighted by molar-refractivity contribution is 0.284. The van der Waals surface area contributed by atoms with Crippen LogP contribution in [0.3, 0.4) is 0 Å². The highest BCUT2D eigenvalue weighted by molar-refractivity contribution is 5.81. The molecule has 0 amide bonds. The maximum absolute atomic E-state index is 7.20. The molecule has 0 aliphatic carbocycles. The Morgan fingerprint density at radius 1 is 1.36 bits per heavy atom. The van der Waals surface area contributed by atoms with Crippen LogP contribution in [0.25, 0.3) is 0 Å². The molecule has 1 aromatic carbocycles. The Hall–Kier alpha value is -1.51. The van der Waals surface area contributed by atoms with Gasteiger partial charge in [0.2, 0.25) is 0 Å². The second kappa shape index (κ2) is 4.13. The Labute approximate surface area is 84.4 Å². The van der Waals surface area contributed by atoms with Crippen LogP contribution in [0.2, 0.25) is 0 Å². The summed E-state index contributed by atoms with van der Waals surface area (Å²) in [5.41, 5.74) is 7.72. The van der Waals surface area contributed by atoms with Crippen molar-refractivity contribution in [2.75, 3.05) is 0 Å². The van der Waals surface area contributed by atoms with E-state index >= 15 is 0 Å². The number of rotatable bonds is 3. The molecule has 0 aliphatic rings. The minimum absolute atomic E-state index is 0.0447. The number of nitrogens with two attached hydrogens (primary N) is 1. The smallest absolute Gasteiger partial charge is 0.152 e. The van der Waals surface area contributed by atoms with E-state index < -0.39 is 0 Å². The zero-order chi connectivity index (χ0) is 10.7. The van der Waals surface area contributed by atoms with Gasteiger partial charge in [-0.2, -0.15) is 0 Å². The molecule has 1 aromatic rings. The number of ether oxygens (including phenoxy) is 1. The first-order valence-electron chi connectivity index (χ1n) is 4.58. The fraction of sp³-hybridized carbons (Fsp3) is 0.364. The van der Waals surface area contributed by atoms with Crippen molar-refractivity contribution in [1.29, 1.82) is 5.41 Å². The third-order valence-electron chi connectivity index (χ3n) is 2.23. The van der Waals surface area contributed by atoms with Gasteiger partial charge >= 0.3 is 0 Å². The first-order valence-corrected chi connectivity index (χ1v) is 4.58. The third-order valence-corrected chi connectivity index (χ3v) is 2.23. The average Bonchev–Trinajstić information content (AvgIpc) is 2.11. The van der Waals surface area contributed by atoms with Crippen LogP contribution in [-0.4, -0.2) is 11.9 Å². The first kappa shape index (κ1) is 10.6. The summed E-state index contributed by atoms with van der Waals surface area (Å²) >= 11 is 0. The van der Waals surface area contributed by atoms with Gasteiger partial charge in [-0.1, -0.05) is 6.07 Å². The molecule has 0 saturated carbocycles. The second-order valence-electron chi connectivity index (χ2n) is 3.46. The molecule has 1 rings (SSSR count). The minimum Gasteiger partial charge on any atom is -0.483 e. The maximum Gasteiger partial charge on any atom is 0.152 e. The van der Waals surface area contributed by atoms with Gasteiger partial charge in [-0.25, -0.2) is 0 Å². The number of nitrogens with one attached hydrogen (secondary N) is 1. The summed E-state index contributed by atoms with van der Waals surface area (Å²) in [7, 11) is 0. The topological polar surface area (TPSA) is 59.1 Å². The molecule has 0 heterocycles. The lowest BCUT2D eigenvalue weighted by Crippen LogP contribution is -2.30. The molecule has 3 nitrogen and oxygen atoms in total. The van der Waals surface area contributed by atoms with Crippen LogP contribution in [0.15, 0.2) is 18.2 Å². The van der Waals surface area contributed by atoms with Crippen molar-refractivity contribution in [3.05, 3.63) is 29.3 Å². The summed E-state index contributed by atoms with van der Waals surface area (Å²) in [6, 6.07) is 5.84. The standard InChI is InChI=1S/C11H16N2O/c1-7-4-5-10(6-8(7)2)14-9(3)11(12)13/h4-6,9H,1-3H3,(H3,12,13). The highest BCUT2D eigenvalue weighted by atomic mass is 16.5. The van der Waals surface area contributed by atoms with Crippen molar-refractivity contribution < 1.29 is 4.74 Å². The summed E-state index contributed by atoms with van der Waals surface area (Å²) in [5, 5.41) is 7.20. The summed E-state index contributed by atoms with van der Waals surface area (Å²) in [6.45, 7) is 5.84. The summed E-state index contributed by atoms with van der Waals surface area (Å²) in [6.07, 6.45) is -0.364. The first-order chi connectivity index (χ1) is 6.50. The Bertz CT molecular complexity index is 347. The van der Waals surface area contributed by atoms with Gasteiger partial charge in [-0.3, -0.25) is 5.41 Å². The van der Waals surface area contributed by atoms with Gasteiger partial charge in [-0.15, -0.1) is 0 Å². The van der Waals surface area contributed by atoms with E-state index in [1.165, 1.54) is 11.1 Å². The highest BCUT2D eigenvalue weighted by Gasteiger charge is 2.06. The van der Waals surface area contributed by atoms with Crippen molar-refractivity contribution in [3.63, 3.8) is 0 Å². The van der Waals surface area contributed by atoms with Crippen molar-refractivity contribution in [2.45, 2.75) is 26.9 Å². The highest BCUT2D eigenvalue weighted by Crippen LogP contribution is 2.17. The van der Waals surface area contributed by atoms with E-state index in [1.807, 2.05) is 32.0 Å². The molecular formula is C11H16N2O. The van der Waals surface area contributed by atoms with Crippen LogP contribution in [0.5, 0.6) is 5.75 Å². The number of amidine groups is 1. The Kier molecular flexibility index (Phi) is 3.12. The lowest BCUT2D eigenvalue weighted by Gasteiger charge is -2.13. The molecule has 0 saturated heterocycles. The zero-order valence-electron chi connectivity index (χ0n) is 8.79. The minimum atomic E-state index is -0.364. The van der Waals surface area contributed by atoms with Crippen molar-refractivity contribution in [1.82, 2.24) is 0 Å². The number of benzene rings is 1. The normalized spacial score (nSPS) is 12.2. The predicted molar refractivity (Wildman–Crippen MR) is 57.9 cm³/mol. The SMILES string of the molecule is Cc1ccc(OC(C)C(=N)N)cc1C. The molecule has 0 fully saturated rings. The van der Waals surface area contributed by atoms with E-state index in [2.05, 4.69) is 0 Å². The van der Waals surface area contributed by atoms with Crippen LogP contribution in [0, 0.1) is 19.3 Å².